The molecule has 0 aromatic rings. The fraction of sp³-hybridized carbons (Fsp3) is 0.833. The van der Waals surface area contributed by atoms with Gasteiger partial charge in [0.2, 0.25) is 0 Å². The Labute approximate surface area is 113 Å². The van der Waals surface area contributed by atoms with Crippen molar-refractivity contribution in [3.8, 4) is 0 Å². The molecule has 1 aliphatic heterocycles. The lowest BCUT2D eigenvalue weighted by atomic mass is 10.1. The molecule has 0 aromatic carbocycles. The molecule has 0 aromatic heterocycles. The molecule has 1 saturated heterocycles. The lowest BCUT2D eigenvalue weighted by molar-refractivity contribution is -0.141. The van der Waals surface area contributed by atoms with E-state index in [0.29, 0.717) is 18.2 Å². The largest absolute Gasteiger partial charge is 0.480 e. The molecule has 6 heteroatoms. The van der Waals surface area contributed by atoms with E-state index in [4.69, 9.17) is 5.11 Å². The predicted octanol–water partition coefficient (Wildman–Crippen LogP) is 1.58. The Morgan fingerprint density at radius 1 is 1.39 bits per heavy atom. The maximum atomic E-state index is 12.3. The van der Waals surface area contributed by atoms with E-state index in [2.05, 4.69) is 13.8 Å². The lowest BCUT2D eigenvalue weighted by Crippen LogP contribution is -2.56. The summed E-state index contributed by atoms with van der Waals surface area (Å²) in [5.74, 6) is 0.715. The summed E-state index contributed by atoms with van der Waals surface area (Å²) in [6.07, 6.45) is 0. The summed E-state index contributed by atoms with van der Waals surface area (Å²) < 4.78 is 0. The number of carboxylic acid groups (broad SMARTS) is 1. The van der Waals surface area contributed by atoms with Gasteiger partial charge in [-0.15, -0.1) is 0 Å². The Kier molecular flexibility index (Phi) is 5.31. The van der Waals surface area contributed by atoms with Crippen molar-refractivity contribution in [2.24, 2.45) is 5.92 Å². The van der Waals surface area contributed by atoms with Crippen LogP contribution < -0.4 is 0 Å². The number of thioether (sulfide) groups is 1. The topological polar surface area (TPSA) is 60.9 Å². The van der Waals surface area contributed by atoms with E-state index >= 15 is 0 Å². The molecule has 104 valence electrons. The van der Waals surface area contributed by atoms with Gasteiger partial charge >= 0.3 is 12.0 Å². The fourth-order valence-corrected chi connectivity index (χ4v) is 2.90. The minimum absolute atomic E-state index is 0.0986. The lowest BCUT2D eigenvalue weighted by Gasteiger charge is -2.38. The first-order chi connectivity index (χ1) is 8.36. The number of nitrogens with zero attached hydrogens (tertiary/aromatic N) is 2. The van der Waals surface area contributed by atoms with Crippen LogP contribution in [0.15, 0.2) is 0 Å². The second-order valence-corrected chi connectivity index (χ2v) is 6.15. The second kappa shape index (κ2) is 6.31. The molecule has 0 aliphatic carbocycles. The number of carbonyl (C=O) groups is 2. The Balaban J connectivity index is 2.77. The highest BCUT2D eigenvalue weighted by Gasteiger charge is 2.35. The highest BCUT2D eigenvalue weighted by molar-refractivity contribution is 7.99. The van der Waals surface area contributed by atoms with E-state index in [-0.39, 0.29) is 12.1 Å². The third kappa shape index (κ3) is 3.31. The Morgan fingerprint density at radius 2 is 2.00 bits per heavy atom. The van der Waals surface area contributed by atoms with E-state index in [1.807, 2.05) is 6.92 Å². The Morgan fingerprint density at radius 3 is 2.50 bits per heavy atom. The van der Waals surface area contributed by atoms with Crippen molar-refractivity contribution < 1.29 is 14.7 Å². The van der Waals surface area contributed by atoms with Gasteiger partial charge in [-0.05, 0) is 12.8 Å². The average molecular weight is 274 g/mol. The molecule has 2 amide bonds. The van der Waals surface area contributed by atoms with Gasteiger partial charge in [0, 0.05) is 31.1 Å². The number of carboxylic acids is 1. The zero-order valence-electron chi connectivity index (χ0n) is 11.4. The van der Waals surface area contributed by atoms with Crippen LogP contribution in [0.2, 0.25) is 0 Å². The summed E-state index contributed by atoms with van der Waals surface area (Å²) in [5, 5.41) is 9.16. The van der Waals surface area contributed by atoms with E-state index in [9.17, 15) is 9.59 Å². The molecule has 18 heavy (non-hydrogen) atoms. The van der Waals surface area contributed by atoms with Crippen LogP contribution in [-0.2, 0) is 4.79 Å². The van der Waals surface area contributed by atoms with Crippen LogP contribution >= 0.6 is 11.8 Å². The highest BCUT2D eigenvalue weighted by Crippen LogP contribution is 2.20. The molecule has 5 nitrogen and oxygen atoms in total. The molecule has 0 spiro atoms. The second-order valence-electron chi connectivity index (χ2n) is 5.00. The molecule has 0 bridgehead atoms. The molecular weight excluding hydrogens is 252 g/mol. The molecule has 2 atom stereocenters. The molecule has 1 heterocycles. The van der Waals surface area contributed by atoms with Crippen LogP contribution in [0.5, 0.6) is 0 Å². The number of urea groups is 1. The van der Waals surface area contributed by atoms with E-state index in [0.717, 1.165) is 5.75 Å². The van der Waals surface area contributed by atoms with Gasteiger partial charge < -0.3 is 14.9 Å². The van der Waals surface area contributed by atoms with Crippen molar-refractivity contribution in [1.82, 2.24) is 9.80 Å². The van der Waals surface area contributed by atoms with Gasteiger partial charge in [-0.2, -0.15) is 11.8 Å². The molecular formula is C12H22N2O3S. The van der Waals surface area contributed by atoms with Crippen molar-refractivity contribution in [3.63, 3.8) is 0 Å². The van der Waals surface area contributed by atoms with Crippen LogP contribution in [0.4, 0.5) is 4.79 Å². The highest BCUT2D eigenvalue weighted by atomic mass is 32.2. The summed E-state index contributed by atoms with van der Waals surface area (Å²) in [6, 6.07) is -0.775. The SMILES string of the molecule is CC(C)C(C)N(C)C(=O)N1CCSCC1C(=O)O. The van der Waals surface area contributed by atoms with Gasteiger partial charge in [-0.3, -0.25) is 0 Å². The Bertz CT molecular complexity index is 322. The molecule has 0 saturated carbocycles. The average Bonchev–Trinajstić information content (AvgIpc) is 2.35. The maximum Gasteiger partial charge on any atom is 0.327 e. The standard InChI is InChI=1S/C12H22N2O3S/c1-8(2)9(3)13(4)12(17)14-5-6-18-7-10(14)11(15)16/h8-10H,5-7H2,1-4H3,(H,15,16). The third-order valence-electron chi connectivity index (χ3n) is 3.54. The van der Waals surface area contributed by atoms with Crippen molar-refractivity contribution in [1.29, 1.82) is 0 Å². The number of hydrogen-bond donors (Lipinski definition) is 1. The molecule has 0 radical (unpaired) electrons. The van der Waals surface area contributed by atoms with Gasteiger partial charge in [0.15, 0.2) is 0 Å². The van der Waals surface area contributed by atoms with E-state index in [1.54, 1.807) is 23.7 Å². The smallest absolute Gasteiger partial charge is 0.327 e. The van der Waals surface area contributed by atoms with Gasteiger partial charge in [-0.1, -0.05) is 13.8 Å². The number of aliphatic carboxylic acids is 1. The van der Waals surface area contributed by atoms with Crippen molar-refractivity contribution in [3.05, 3.63) is 0 Å². The van der Waals surface area contributed by atoms with Gasteiger partial charge in [0.05, 0.1) is 0 Å². The zero-order valence-corrected chi connectivity index (χ0v) is 12.2. The summed E-state index contributed by atoms with van der Waals surface area (Å²) in [4.78, 5) is 26.6. The van der Waals surface area contributed by atoms with Crippen molar-refractivity contribution in [2.45, 2.75) is 32.9 Å². The van der Waals surface area contributed by atoms with Crippen LogP contribution in [0.25, 0.3) is 0 Å². The minimum Gasteiger partial charge on any atom is -0.480 e. The van der Waals surface area contributed by atoms with E-state index in [1.165, 1.54) is 4.90 Å². The maximum absolute atomic E-state index is 12.3. The summed E-state index contributed by atoms with van der Waals surface area (Å²) in [5.41, 5.74) is 0. The number of amides is 2. The molecule has 1 fully saturated rings. The molecule has 1 N–H and O–H groups in total. The fourth-order valence-electron chi connectivity index (χ4n) is 1.86. The monoisotopic (exact) mass is 274 g/mol. The third-order valence-corrected chi connectivity index (χ3v) is 4.56. The van der Waals surface area contributed by atoms with Crippen LogP contribution in [0.1, 0.15) is 20.8 Å². The minimum atomic E-state index is -0.916. The first-order valence-corrected chi connectivity index (χ1v) is 7.35. The van der Waals surface area contributed by atoms with Crippen LogP contribution in [0, 0.1) is 5.92 Å². The zero-order chi connectivity index (χ0) is 13.9. The molecule has 2 unspecified atom stereocenters. The van der Waals surface area contributed by atoms with Crippen molar-refractivity contribution >= 4 is 23.8 Å². The Hall–Kier alpha value is -0.910. The molecule has 1 aliphatic rings. The van der Waals surface area contributed by atoms with Gasteiger partial charge in [0.1, 0.15) is 6.04 Å². The quantitative estimate of drug-likeness (QED) is 0.849. The van der Waals surface area contributed by atoms with Crippen molar-refractivity contribution in [2.75, 3.05) is 25.1 Å². The summed E-state index contributed by atoms with van der Waals surface area (Å²) in [6.45, 7) is 6.59. The van der Waals surface area contributed by atoms with Crippen LogP contribution in [0.3, 0.4) is 0 Å². The summed E-state index contributed by atoms with van der Waals surface area (Å²) in [7, 11) is 1.74. The molecule has 1 rings (SSSR count). The van der Waals surface area contributed by atoms with E-state index < -0.39 is 12.0 Å². The van der Waals surface area contributed by atoms with Gasteiger partial charge in [0.25, 0.3) is 0 Å². The first kappa shape index (κ1) is 15.1. The number of hydrogen-bond acceptors (Lipinski definition) is 3. The predicted molar refractivity (Wildman–Crippen MR) is 72.9 cm³/mol. The number of carbonyl (C=O) groups excluding carboxylic acids is 1. The normalized spacial score (nSPS) is 21.8. The first-order valence-electron chi connectivity index (χ1n) is 6.20. The summed E-state index contributed by atoms with van der Waals surface area (Å²) >= 11 is 1.59. The van der Waals surface area contributed by atoms with Gasteiger partial charge in [-0.25, -0.2) is 9.59 Å². The van der Waals surface area contributed by atoms with Crippen LogP contribution in [-0.4, -0.2) is 64.1 Å². The number of rotatable bonds is 3.